The van der Waals surface area contributed by atoms with Crippen molar-refractivity contribution in [3.05, 3.63) is 35.9 Å². The van der Waals surface area contributed by atoms with E-state index in [1.807, 2.05) is 0 Å². The molecule has 0 radical (unpaired) electrons. The maximum absolute atomic E-state index is 3.82. The van der Waals surface area contributed by atoms with E-state index in [4.69, 9.17) is 0 Å². The molecule has 1 heteroatoms. The van der Waals surface area contributed by atoms with Gasteiger partial charge in [0.2, 0.25) is 0 Å². The predicted molar refractivity (Wildman–Crippen MR) is 90.5 cm³/mol. The van der Waals surface area contributed by atoms with Crippen LogP contribution in [0, 0.1) is 17.8 Å². The molecule has 2 saturated carbocycles. The lowest BCUT2D eigenvalue weighted by molar-refractivity contribution is 0.259. The van der Waals surface area contributed by atoms with Crippen LogP contribution in [0.2, 0.25) is 0 Å². The first-order valence-corrected chi connectivity index (χ1v) is 9.10. The van der Waals surface area contributed by atoms with Gasteiger partial charge in [-0.1, -0.05) is 50.6 Å². The van der Waals surface area contributed by atoms with Crippen LogP contribution in [0.5, 0.6) is 0 Å². The average Bonchev–Trinajstić information content (AvgIpc) is 3.12. The van der Waals surface area contributed by atoms with E-state index in [0.717, 1.165) is 24.3 Å². The van der Waals surface area contributed by atoms with E-state index in [2.05, 4.69) is 49.5 Å². The van der Waals surface area contributed by atoms with Crippen LogP contribution in [-0.4, -0.2) is 12.6 Å². The number of rotatable bonds is 7. The Kier molecular flexibility index (Phi) is 5.00. The molecular weight excluding hydrogens is 254 g/mol. The van der Waals surface area contributed by atoms with E-state index in [-0.39, 0.29) is 0 Å². The molecule has 0 saturated heterocycles. The van der Waals surface area contributed by atoms with Gasteiger partial charge in [-0.25, -0.2) is 0 Å². The lowest BCUT2D eigenvalue weighted by Crippen LogP contribution is -2.37. The molecule has 21 heavy (non-hydrogen) atoms. The first kappa shape index (κ1) is 15.1. The Morgan fingerprint density at radius 2 is 1.90 bits per heavy atom. The molecule has 116 valence electrons. The Labute approximate surface area is 130 Å². The summed E-state index contributed by atoms with van der Waals surface area (Å²) >= 11 is 0. The van der Waals surface area contributed by atoms with Gasteiger partial charge in [0.15, 0.2) is 0 Å². The van der Waals surface area contributed by atoms with Crippen LogP contribution in [0.4, 0.5) is 0 Å². The number of benzene rings is 1. The predicted octanol–water partition coefficient (Wildman–Crippen LogP) is 4.98. The second kappa shape index (κ2) is 6.96. The van der Waals surface area contributed by atoms with E-state index < -0.39 is 0 Å². The number of fused-ring (bicyclic) bond motifs is 2. The fraction of sp³-hybridized carbons (Fsp3) is 0.700. The van der Waals surface area contributed by atoms with Crippen molar-refractivity contribution in [3.63, 3.8) is 0 Å². The van der Waals surface area contributed by atoms with Gasteiger partial charge in [-0.2, -0.15) is 0 Å². The van der Waals surface area contributed by atoms with Gasteiger partial charge in [0.25, 0.3) is 0 Å². The molecule has 2 fully saturated rings. The summed E-state index contributed by atoms with van der Waals surface area (Å²) in [6.07, 6.45) is 8.70. The number of hydrogen-bond donors (Lipinski definition) is 1. The molecule has 3 rings (SSSR count). The standard InChI is InChI=1S/C20H31N/c1-3-19(16-8-6-5-7-9-16)20(21-4-2)14-18-13-15-10-11-17(18)12-15/h5-9,15,17-21H,3-4,10-14H2,1-2H3. The lowest BCUT2D eigenvalue weighted by atomic mass is 9.78. The van der Waals surface area contributed by atoms with Gasteiger partial charge < -0.3 is 5.32 Å². The Morgan fingerprint density at radius 1 is 1.10 bits per heavy atom. The highest BCUT2D eigenvalue weighted by Crippen LogP contribution is 2.50. The van der Waals surface area contributed by atoms with Crippen molar-refractivity contribution in [2.75, 3.05) is 6.54 Å². The van der Waals surface area contributed by atoms with Gasteiger partial charge in [0.1, 0.15) is 0 Å². The van der Waals surface area contributed by atoms with E-state index in [9.17, 15) is 0 Å². The molecule has 0 aromatic heterocycles. The van der Waals surface area contributed by atoms with Gasteiger partial charge in [-0.3, -0.25) is 0 Å². The summed E-state index contributed by atoms with van der Waals surface area (Å²) in [7, 11) is 0. The van der Waals surface area contributed by atoms with Crippen LogP contribution in [0.25, 0.3) is 0 Å². The van der Waals surface area contributed by atoms with E-state index >= 15 is 0 Å². The summed E-state index contributed by atoms with van der Waals surface area (Å²) in [4.78, 5) is 0. The molecule has 0 heterocycles. The van der Waals surface area contributed by atoms with Crippen LogP contribution in [-0.2, 0) is 0 Å². The topological polar surface area (TPSA) is 12.0 Å². The quantitative estimate of drug-likeness (QED) is 0.744. The Hall–Kier alpha value is -0.820. The SMILES string of the molecule is CCNC(CC1CC2CCC1C2)C(CC)c1ccccc1. The smallest absolute Gasteiger partial charge is 0.0138 e. The van der Waals surface area contributed by atoms with Crippen molar-refractivity contribution in [1.82, 2.24) is 5.32 Å². The zero-order valence-electron chi connectivity index (χ0n) is 13.7. The maximum atomic E-state index is 3.82. The van der Waals surface area contributed by atoms with Gasteiger partial charge in [-0.15, -0.1) is 0 Å². The summed E-state index contributed by atoms with van der Waals surface area (Å²) in [5, 5.41) is 3.82. The highest BCUT2D eigenvalue weighted by molar-refractivity contribution is 5.21. The maximum Gasteiger partial charge on any atom is 0.0138 e. The molecule has 2 bridgehead atoms. The Bertz CT molecular complexity index is 427. The van der Waals surface area contributed by atoms with Crippen LogP contribution < -0.4 is 5.32 Å². The summed E-state index contributed by atoms with van der Waals surface area (Å²) in [6, 6.07) is 11.8. The van der Waals surface area contributed by atoms with E-state index in [0.29, 0.717) is 12.0 Å². The van der Waals surface area contributed by atoms with Crippen LogP contribution in [0.1, 0.15) is 63.9 Å². The molecular formula is C20H31N. The van der Waals surface area contributed by atoms with Crippen molar-refractivity contribution in [2.24, 2.45) is 17.8 Å². The average molecular weight is 285 g/mol. The van der Waals surface area contributed by atoms with Crippen LogP contribution in [0.3, 0.4) is 0 Å². The summed E-state index contributed by atoms with van der Waals surface area (Å²) in [5.41, 5.74) is 1.52. The summed E-state index contributed by atoms with van der Waals surface area (Å²) < 4.78 is 0. The second-order valence-corrected chi connectivity index (χ2v) is 7.26. The molecule has 1 N–H and O–H groups in total. The number of nitrogens with one attached hydrogen (secondary N) is 1. The molecule has 0 aliphatic heterocycles. The Morgan fingerprint density at radius 3 is 2.48 bits per heavy atom. The van der Waals surface area contributed by atoms with Crippen molar-refractivity contribution in [2.45, 2.75) is 64.3 Å². The fourth-order valence-electron chi connectivity index (χ4n) is 5.10. The minimum absolute atomic E-state index is 0.659. The van der Waals surface area contributed by atoms with E-state index in [1.54, 1.807) is 0 Å². The third-order valence-electron chi connectivity index (χ3n) is 6.06. The molecule has 0 amide bonds. The third-order valence-corrected chi connectivity index (χ3v) is 6.06. The van der Waals surface area contributed by atoms with Crippen molar-refractivity contribution in [1.29, 1.82) is 0 Å². The molecule has 5 atom stereocenters. The Balaban J connectivity index is 1.70. The number of likely N-dealkylation sites (N-methyl/N-ethyl adjacent to an activating group) is 1. The summed E-state index contributed by atoms with van der Waals surface area (Å²) in [5.74, 6) is 3.78. The van der Waals surface area contributed by atoms with Gasteiger partial charge in [0.05, 0.1) is 0 Å². The molecule has 0 spiro atoms. The highest BCUT2D eigenvalue weighted by atomic mass is 14.9. The van der Waals surface area contributed by atoms with Crippen LogP contribution >= 0.6 is 0 Å². The van der Waals surface area contributed by atoms with Crippen molar-refractivity contribution < 1.29 is 0 Å². The molecule has 1 aromatic carbocycles. The molecule has 2 aliphatic carbocycles. The van der Waals surface area contributed by atoms with Gasteiger partial charge >= 0.3 is 0 Å². The zero-order valence-corrected chi connectivity index (χ0v) is 13.7. The largest absolute Gasteiger partial charge is 0.314 e. The zero-order chi connectivity index (χ0) is 14.7. The molecule has 5 unspecified atom stereocenters. The first-order chi connectivity index (χ1) is 10.3. The number of hydrogen-bond acceptors (Lipinski definition) is 1. The second-order valence-electron chi connectivity index (χ2n) is 7.26. The fourth-order valence-corrected chi connectivity index (χ4v) is 5.10. The molecule has 1 nitrogen and oxygen atoms in total. The van der Waals surface area contributed by atoms with Gasteiger partial charge in [0, 0.05) is 6.04 Å². The molecule has 2 aliphatic rings. The molecule has 1 aromatic rings. The van der Waals surface area contributed by atoms with Crippen molar-refractivity contribution in [3.8, 4) is 0 Å². The van der Waals surface area contributed by atoms with Crippen LogP contribution in [0.15, 0.2) is 30.3 Å². The monoisotopic (exact) mass is 285 g/mol. The third kappa shape index (κ3) is 3.34. The van der Waals surface area contributed by atoms with Crippen molar-refractivity contribution >= 4 is 0 Å². The van der Waals surface area contributed by atoms with E-state index in [1.165, 1.54) is 44.1 Å². The first-order valence-electron chi connectivity index (χ1n) is 9.10. The normalized spacial score (nSPS) is 30.5. The van der Waals surface area contributed by atoms with Gasteiger partial charge in [-0.05, 0) is 67.9 Å². The lowest BCUT2D eigenvalue weighted by Gasteiger charge is -2.32. The minimum Gasteiger partial charge on any atom is -0.314 e. The highest BCUT2D eigenvalue weighted by Gasteiger charge is 2.40. The minimum atomic E-state index is 0.659. The summed E-state index contributed by atoms with van der Waals surface area (Å²) in [6.45, 7) is 5.70.